The molecule has 0 atom stereocenters. The largest absolute Gasteiger partial charge is 0.370 e. The van der Waals surface area contributed by atoms with Crippen LogP contribution in [0.2, 0.25) is 0 Å². The van der Waals surface area contributed by atoms with Crippen molar-refractivity contribution in [2.75, 3.05) is 18.0 Å². The minimum absolute atomic E-state index is 0.0853. The highest BCUT2D eigenvalue weighted by Crippen LogP contribution is 2.16. The molecule has 0 radical (unpaired) electrons. The standard InChI is InChI=1S/C20H27N3O/c1-4-10-23(11-5-2)19-12-18(14-21-15-19)20(24)22-13-17-8-6-16(3)7-9-17/h6-9,12,14-15H,4-5,10-11,13H2,1-3H3,(H,22,24). The van der Waals surface area contributed by atoms with Crippen molar-refractivity contribution in [3.05, 3.63) is 59.4 Å². The van der Waals surface area contributed by atoms with Gasteiger partial charge >= 0.3 is 0 Å². The second-order valence-electron chi connectivity index (χ2n) is 6.09. The molecule has 0 bridgehead atoms. The first-order valence-corrected chi connectivity index (χ1v) is 8.67. The third-order valence-electron chi connectivity index (χ3n) is 3.91. The van der Waals surface area contributed by atoms with Gasteiger partial charge in [0.25, 0.3) is 5.91 Å². The molecule has 0 fully saturated rings. The van der Waals surface area contributed by atoms with Gasteiger partial charge in [0.05, 0.1) is 17.4 Å². The molecule has 0 aliphatic heterocycles. The number of nitrogens with zero attached hydrogens (tertiary/aromatic N) is 2. The zero-order valence-corrected chi connectivity index (χ0v) is 14.9. The van der Waals surface area contributed by atoms with Gasteiger partial charge in [-0.05, 0) is 31.4 Å². The van der Waals surface area contributed by atoms with Crippen LogP contribution in [0, 0.1) is 6.92 Å². The van der Waals surface area contributed by atoms with Gasteiger partial charge in [-0.1, -0.05) is 43.7 Å². The molecular formula is C20H27N3O. The highest BCUT2D eigenvalue weighted by atomic mass is 16.1. The molecule has 0 aliphatic rings. The van der Waals surface area contributed by atoms with Gasteiger partial charge in [0.15, 0.2) is 0 Å². The molecule has 128 valence electrons. The lowest BCUT2D eigenvalue weighted by molar-refractivity contribution is 0.0950. The van der Waals surface area contributed by atoms with Crippen LogP contribution in [0.25, 0.3) is 0 Å². The number of hydrogen-bond donors (Lipinski definition) is 1. The highest BCUT2D eigenvalue weighted by molar-refractivity contribution is 5.94. The number of carbonyl (C=O) groups is 1. The maximum absolute atomic E-state index is 12.4. The molecular weight excluding hydrogens is 298 g/mol. The van der Waals surface area contributed by atoms with Crippen molar-refractivity contribution in [1.82, 2.24) is 10.3 Å². The average Bonchev–Trinajstić information content (AvgIpc) is 2.61. The maximum Gasteiger partial charge on any atom is 0.253 e. The number of benzene rings is 1. The minimum atomic E-state index is -0.0853. The predicted octanol–water partition coefficient (Wildman–Crippen LogP) is 3.95. The Labute approximate surface area is 144 Å². The molecule has 1 heterocycles. The second-order valence-corrected chi connectivity index (χ2v) is 6.09. The first kappa shape index (κ1) is 18.0. The molecule has 0 aliphatic carbocycles. The molecule has 2 aromatic rings. The van der Waals surface area contributed by atoms with Crippen LogP contribution < -0.4 is 10.2 Å². The molecule has 4 nitrogen and oxygen atoms in total. The van der Waals surface area contributed by atoms with Crippen LogP contribution in [0.1, 0.15) is 48.2 Å². The first-order valence-electron chi connectivity index (χ1n) is 8.67. The van der Waals surface area contributed by atoms with Crippen molar-refractivity contribution in [2.45, 2.75) is 40.2 Å². The Kier molecular flexibility index (Phi) is 6.79. The van der Waals surface area contributed by atoms with Crippen LogP contribution in [-0.4, -0.2) is 24.0 Å². The van der Waals surface area contributed by atoms with E-state index in [1.807, 2.05) is 24.4 Å². The van der Waals surface area contributed by atoms with Crippen LogP contribution in [-0.2, 0) is 6.54 Å². The SMILES string of the molecule is CCCN(CCC)c1cncc(C(=O)NCc2ccc(C)cc2)c1. The lowest BCUT2D eigenvalue weighted by Gasteiger charge is -2.23. The number of carbonyl (C=O) groups excluding carboxylic acids is 1. The van der Waals surface area contributed by atoms with Gasteiger partial charge < -0.3 is 10.2 Å². The smallest absolute Gasteiger partial charge is 0.253 e. The first-order chi connectivity index (χ1) is 11.6. The molecule has 24 heavy (non-hydrogen) atoms. The number of anilines is 1. The monoisotopic (exact) mass is 325 g/mol. The second kappa shape index (κ2) is 9.06. The van der Waals surface area contributed by atoms with Crippen molar-refractivity contribution >= 4 is 11.6 Å². The molecule has 1 amide bonds. The third kappa shape index (κ3) is 5.08. The summed E-state index contributed by atoms with van der Waals surface area (Å²) in [5.41, 5.74) is 3.93. The quantitative estimate of drug-likeness (QED) is 0.799. The Hall–Kier alpha value is -2.36. The zero-order valence-electron chi connectivity index (χ0n) is 14.9. The summed E-state index contributed by atoms with van der Waals surface area (Å²) in [5.74, 6) is -0.0853. The van der Waals surface area contributed by atoms with Crippen LogP contribution in [0.3, 0.4) is 0 Å². The number of hydrogen-bond acceptors (Lipinski definition) is 3. The number of aromatic nitrogens is 1. The third-order valence-corrected chi connectivity index (χ3v) is 3.91. The summed E-state index contributed by atoms with van der Waals surface area (Å²) in [5, 5.41) is 2.97. The molecule has 0 spiro atoms. The van der Waals surface area contributed by atoms with Crippen molar-refractivity contribution < 1.29 is 4.79 Å². The van der Waals surface area contributed by atoms with E-state index < -0.39 is 0 Å². The number of rotatable bonds is 8. The molecule has 0 saturated heterocycles. The molecule has 1 N–H and O–H groups in total. The van der Waals surface area contributed by atoms with Gasteiger partial charge in [0.2, 0.25) is 0 Å². The summed E-state index contributed by atoms with van der Waals surface area (Å²) in [7, 11) is 0. The van der Waals surface area contributed by atoms with Crippen molar-refractivity contribution in [3.8, 4) is 0 Å². The molecule has 1 aromatic heterocycles. The summed E-state index contributed by atoms with van der Waals surface area (Å²) in [6.07, 6.45) is 5.61. The predicted molar refractivity (Wildman–Crippen MR) is 99.4 cm³/mol. The molecule has 0 saturated carbocycles. The van der Waals surface area contributed by atoms with E-state index in [-0.39, 0.29) is 5.91 Å². The molecule has 2 rings (SSSR count). The zero-order chi connectivity index (χ0) is 17.4. The Bertz CT molecular complexity index is 646. The topological polar surface area (TPSA) is 45.2 Å². The fourth-order valence-corrected chi connectivity index (χ4v) is 2.63. The van der Waals surface area contributed by atoms with E-state index in [1.165, 1.54) is 5.56 Å². The maximum atomic E-state index is 12.4. The Balaban J connectivity index is 2.03. The fourth-order valence-electron chi connectivity index (χ4n) is 2.63. The van der Waals surface area contributed by atoms with Gasteiger partial charge in [0, 0.05) is 25.8 Å². The lowest BCUT2D eigenvalue weighted by atomic mass is 10.1. The summed E-state index contributed by atoms with van der Waals surface area (Å²) >= 11 is 0. The van der Waals surface area contributed by atoms with Gasteiger partial charge in [-0.2, -0.15) is 0 Å². The van der Waals surface area contributed by atoms with Crippen LogP contribution in [0.4, 0.5) is 5.69 Å². The number of aryl methyl sites for hydroxylation is 1. The van der Waals surface area contributed by atoms with E-state index in [2.05, 4.69) is 48.1 Å². The van der Waals surface area contributed by atoms with Crippen LogP contribution in [0.5, 0.6) is 0 Å². The van der Waals surface area contributed by atoms with Gasteiger partial charge in [-0.15, -0.1) is 0 Å². The van der Waals surface area contributed by atoms with E-state index >= 15 is 0 Å². The van der Waals surface area contributed by atoms with Crippen LogP contribution >= 0.6 is 0 Å². The van der Waals surface area contributed by atoms with E-state index in [4.69, 9.17) is 0 Å². The summed E-state index contributed by atoms with van der Waals surface area (Å²) in [6.45, 7) is 8.85. The molecule has 4 heteroatoms. The van der Waals surface area contributed by atoms with E-state index in [9.17, 15) is 4.79 Å². The van der Waals surface area contributed by atoms with Crippen LogP contribution in [0.15, 0.2) is 42.7 Å². The number of pyridine rings is 1. The van der Waals surface area contributed by atoms with Crippen molar-refractivity contribution in [3.63, 3.8) is 0 Å². The van der Waals surface area contributed by atoms with Gasteiger partial charge in [-0.25, -0.2) is 0 Å². The minimum Gasteiger partial charge on any atom is -0.370 e. The van der Waals surface area contributed by atoms with Gasteiger partial charge in [0.1, 0.15) is 0 Å². The van der Waals surface area contributed by atoms with E-state index in [0.29, 0.717) is 12.1 Å². The lowest BCUT2D eigenvalue weighted by Crippen LogP contribution is -2.26. The Morgan fingerprint density at radius 3 is 2.38 bits per heavy atom. The average molecular weight is 325 g/mol. The normalized spacial score (nSPS) is 10.5. The summed E-state index contributed by atoms with van der Waals surface area (Å²) < 4.78 is 0. The number of amides is 1. The van der Waals surface area contributed by atoms with Gasteiger partial charge in [-0.3, -0.25) is 9.78 Å². The molecule has 1 aromatic carbocycles. The molecule has 0 unspecified atom stereocenters. The van der Waals surface area contributed by atoms with E-state index in [0.717, 1.165) is 37.2 Å². The van der Waals surface area contributed by atoms with Crippen molar-refractivity contribution in [1.29, 1.82) is 0 Å². The summed E-state index contributed by atoms with van der Waals surface area (Å²) in [4.78, 5) is 18.9. The van der Waals surface area contributed by atoms with Crippen molar-refractivity contribution in [2.24, 2.45) is 0 Å². The fraction of sp³-hybridized carbons (Fsp3) is 0.400. The number of nitrogens with one attached hydrogen (secondary N) is 1. The Morgan fingerprint density at radius 1 is 1.08 bits per heavy atom. The summed E-state index contributed by atoms with van der Waals surface area (Å²) in [6, 6.07) is 10.1. The highest BCUT2D eigenvalue weighted by Gasteiger charge is 2.10. The van der Waals surface area contributed by atoms with E-state index in [1.54, 1.807) is 6.20 Å². The Morgan fingerprint density at radius 2 is 1.75 bits per heavy atom.